The van der Waals surface area contributed by atoms with Crippen molar-refractivity contribution < 1.29 is 9.90 Å². The molecule has 14 heavy (non-hydrogen) atoms. The van der Waals surface area contributed by atoms with Gasteiger partial charge in [-0.25, -0.2) is 0 Å². The van der Waals surface area contributed by atoms with E-state index in [4.69, 9.17) is 0 Å². The monoisotopic (exact) mass is 199 g/mol. The summed E-state index contributed by atoms with van der Waals surface area (Å²) in [6, 6.07) is 0.269. The zero-order chi connectivity index (χ0) is 10.8. The molecule has 0 radical (unpaired) electrons. The fourth-order valence-electron chi connectivity index (χ4n) is 1.77. The highest BCUT2D eigenvalue weighted by Gasteiger charge is 2.27. The first-order chi connectivity index (χ1) is 6.39. The molecule has 1 amide bonds. The van der Waals surface area contributed by atoms with E-state index in [2.05, 4.69) is 12.2 Å². The Hall–Kier alpha value is -0.570. The molecular formula is C11H21NO2. The minimum Gasteiger partial charge on any atom is -0.381 e. The van der Waals surface area contributed by atoms with Gasteiger partial charge >= 0.3 is 0 Å². The molecule has 0 atom stereocenters. The van der Waals surface area contributed by atoms with Crippen LogP contribution < -0.4 is 5.32 Å². The second kappa shape index (κ2) is 4.30. The van der Waals surface area contributed by atoms with Crippen molar-refractivity contribution in [2.75, 3.05) is 0 Å². The van der Waals surface area contributed by atoms with Gasteiger partial charge in [-0.15, -0.1) is 0 Å². The number of hydrogen-bond donors (Lipinski definition) is 2. The quantitative estimate of drug-likeness (QED) is 0.707. The number of hydrogen-bond acceptors (Lipinski definition) is 2. The van der Waals surface area contributed by atoms with Crippen molar-refractivity contribution >= 4 is 5.91 Å². The lowest BCUT2D eigenvalue weighted by Crippen LogP contribution is -2.47. The van der Waals surface area contributed by atoms with Gasteiger partial charge in [-0.05, 0) is 45.4 Å². The number of nitrogens with one attached hydrogen (secondary N) is 1. The van der Waals surface area contributed by atoms with Crippen LogP contribution in [0.25, 0.3) is 0 Å². The maximum Gasteiger partial charge on any atom is 0.251 e. The zero-order valence-corrected chi connectivity index (χ0v) is 9.34. The number of carbonyl (C=O) groups excluding carboxylic acids is 1. The highest BCUT2D eigenvalue weighted by molar-refractivity contribution is 5.84. The van der Waals surface area contributed by atoms with Gasteiger partial charge in [0.05, 0.1) is 0 Å². The molecule has 2 N–H and O–H groups in total. The van der Waals surface area contributed by atoms with Crippen molar-refractivity contribution in [2.24, 2.45) is 5.92 Å². The Morgan fingerprint density at radius 1 is 1.29 bits per heavy atom. The Kier molecular flexibility index (Phi) is 3.53. The maximum absolute atomic E-state index is 11.5. The Balaban J connectivity index is 2.35. The summed E-state index contributed by atoms with van der Waals surface area (Å²) in [5, 5.41) is 12.3. The maximum atomic E-state index is 11.5. The standard InChI is InChI=1S/C11H21NO2/c1-8-4-6-9(7-5-8)12-10(13)11(2,3)14/h8-9,14H,4-7H2,1-3H3,(H,12,13). The van der Waals surface area contributed by atoms with Gasteiger partial charge in [0.2, 0.25) is 0 Å². The van der Waals surface area contributed by atoms with Crippen LogP contribution in [0.2, 0.25) is 0 Å². The molecule has 1 saturated carbocycles. The van der Waals surface area contributed by atoms with Crippen LogP contribution in [-0.2, 0) is 4.79 Å². The Morgan fingerprint density at radius 2 is 1.79 bits per heavy atom. The van der Waals surface area contributed by atoms with Gasteiger partial charge in [0.1, 0.15) is 5.60 Å². The molecule has 0 heterocycles. The molecule has 1 fully saturated rings. The SMILES string of the molecule is CC1CCC(NC(=O)C(C)(C)O)CC1. The Bertz CT molecular complexity index is 200. The topological polar surface area (TPSA) is 49.3 Å². The van der Waals surface area contributed by atoms with Crippen LogP contribution in [0.15, 0.2) is 0 Å². The lowest BCUT2D eigenvalue weighted by molar-refractivity contribution is -0.137. The minimum absolute atomic E-state index is 0.253. The van der Waals surface area contributed by atoms with Crippen LogP contribution in [0.1, 0.15) is 46.5 Å². The van der Waals surface area contributed by atoms with Crippen LogP contribution >= 0.6 is 0 Å². The largest absolute Gasteiger partial charge is 0.381 e. The van der Waals surface area contributed by atoms with Crippen LogP contribution in [0.3, 0.4) is 0 Å². The molecule has 82 valence electrons. The number of rotatable bonds is 2. The zero-order valence-electron chi connectivity index (χ0n) is 9.34. The molecule has 1 rings (SSSR count). The summed E-state index contributed by atoms with van der Waals surface area (Å²) in [7, 11) is 0. The molecular weight excluding hydrogens is 178 g/mol. The average Bonchev–Trinajstić information content (AvgIpc) is 2.07. The molecule has 0 bridgehead atoms. The first-order valence-corrected chi connectivity index (χ1v) is 5.43. The van der Waals surface area contributed by atoms with E-state index < -0.39 is 5.60 Å². The van der Waals surface area contributed by atoms with Crippen molar-refractivity contribution in [3.8, 4) is 0 Å². The van der Waals surface area contributed by atoms with Gasteiger partial charge in [-0.3, -0.25) is 4.79 Å². The first-order valence-electron chi connectivity index (χ1n) is 5.43. The normalized spacial score (nSPS) is 28.6. The lowest BCUT2D eigenvalue weighted by Gasteiger charge is -2.29. The Morgan fingerprint density at radius 3 is 2.21 bits per heavy atom. The summed E-state index contributed by atoms with van der Waals surface area (Å²) in [5.41, 5.74) is -1.25. The van der Waals surface area contributed by atoms with Gasteiger partial charge in [-0.1, -0.05) is 6.92 Å². The minimum atomic E-state index is -1.25. The smallest absolute Gasteiger partial charge is 0.251 e. The fraction of sp³-hybridized carbons (Fsp3) is 0.909. The number of carbonyl (C=O) groups is 1. The molecule has 0 aromatic rings. The van der Waals surface area contributed by atoms with Crippen molar-refractivity contribution in [1.29, 1.82) is 0 Å². The van der Waals surface area contributed by atoms with E-state index in [-0.39, 0.29) is 11.9 Å². The van der Waals surface area contributed by atoms with Gasteiger partial charge in [0.25, 0.3) is 5.91 Å². The van der Waals surface area contributed by atoms with Crippen LogP contribution in [0.4, 0.5) is 0 Å². The van der Waals surface area contributed by atoms with Gasteiger partial charge < -0.3 is 10.4 Å². The van der Waals surface area contributed by atoms with E-state index in [9.17, 15) is 9.90 Å². The third-order valence-electron chi connectivity index (χ3n) is 2.91. The first kappa shape index (κ1) is 11.5. The third kappa shape index (κ3) is 3.29. The number of amides is 1. The Labute approximate surface area is 85.9 Å². The van der Waals surface area contributed by atoms with Gasteiger partial charge in [0, 0.05) is 6.04 Å². The summed E-state index contributed by atoms with van der Waals surface area (Å²) in [6.45, 7) is 5.29. The van der Waals surface area contributed by atoms with Crippen molar-refractivity contribution in [3.05, 3.63) is 0 Å². The van der Waals surface area contributed by atoms with E-state index >= 15 is 0 Å². The molecule has 0 aromatic carbocycles. The molecule has 0 spiro atoms. The van der Waals surface area contributed by atoms with Crippen LogP contribution in [-0.4, -0.2) is 22.7 Å². The molecule has 0 aliphatic heterocycles. The van der Waals surface area contributed by atoms with Crippen molar-refractivity contribution in [2.45, 2.75) is 58.1 Å². The molecule has 1 aliphatic carbocycles. The van der Waals surface area contributed by atoms with E-state index in [1.54, 1.807) is 0 Å². The highest BCUT2D eigenvalue weighted by atomic mass is 16.3. The van der Waals surface area contributed by atoms with Crippen molar-refractivity contribution in [3.63, 3.8) is 0 Å². The summed E-state index contributed by atoms with van der Waals surface area (Å²) < 4.78 is 0. The molecule has 3 heteroatoms. The second-order valence-electron chi connectivity index (χ2n) is 4.99. The van der Waals surface area contributed by atoms with Gasteiger partial charge in [-0.2, -0.15) is 0 Å². The predicted octanol–water partition coefficient (Wildman–Crippen LogP) is 1.45. The van der Waals surface area contributed by atoms with E-state index in [1.165, 1.54) is 26.7 Å². The highest BCUT2D eigenvalue weighted by Crippen LogP contribution is 2.23. The summed E-state index contributed by atoms with van der Waals surface area (Å²) in [5.74, 6) is 0.530. The van der Waals surface area contributed by atoms with E-state index in [1.807, 2.05) is 0 Å². The lowest BCUT2D eigenvalue weighted by atomic mass is 9.87. The molecule has 0 unspecified atom stereocenters. The summed E-state index contributed by atoms with van der Waals surface area (Å²) in [6.07, 6.45) is 4.44. The molecule has 0 saturated heterocycles. The molecule has 3 nitrogen and oxygen atoms in total. The average molecular weight is 199 g/mol. The second-order valence-corrected chi connectivity index (χ2v) is 4.99. The predicted molar refractivity (Wildman–Crippen MR) is 55.9 cm³/mol. The third-order valence-corrected chi connectivity index (χ3v) is 2.91. The van der Waals surface area contributed by atoms with E-state index in [0.29, 0.717) is 0 Å². The summed E-state index contributed by atoms with van der Waals surface area (Å²) in [4.78, 5) is 11.5. The van der Waals surface area contributed by atoms with E-state index in [0.717, 1.165) is 18.8 Å². The number of aliphatic hydroxyl groups is 1. The summed E-state index contributed by atoms with van der Waals surface area (Å²) >= 11 is 0. The van der Waals surface area contributed by atoms with Crippen molar-refractivity contribution in [1.82, 2.24) is 5.32 Å². The molecule has 1 aliphatic rings. The van der Waals surface area contributed by atoms with Crippen LogP contribution in [0, 0.1) is 5.92 Å². The fourth-order valence-corrected chi connectivity index (χ4v) is 1.77. The van der Waals surface area contributed by atoms with Crippen LogP contribution in [0.5, 0.6) is 0 Å². The van der Waals surface area contributed by atoms with Gasteiger partial charge in [0.15, 0.2) is 0 Å². The molecule has 0 aromatic heterocycles.